The number of benzene rings is 1. The van der Waals surface area contributed by atoms with Gasteiger partial charge in [0.25, 0.3) is 0 Å². The van der Waals surface area contributed by atoms with Gasteiger partial charge in [-0.3, -0.25) is 0 Å². The van der Waals surface area contributed by atoms with Gasteiger partial charge in [-0.05, 0) is 43.9 Å². The van der Waals surface area contributed by atoms with E-state index in [9.17, 15) is 0 Å². The molecule has 0 heterocycles. The number of aryl methyl sites for hydroxylation is 1. The second-order valence-corrected chi connectivity index (χ2v) is 4.99. The Morgan fingerprint density at radius 2 is 1.71 bits per heavy atom. The molecule has 0 amide bonds. The predicted octanol–water partition coefficient (Wildman–Crippen LogP) is 5.02. The van der Waals surface area contributed by atoms with Gasteiger partial charge in [0, 0.05) is 11.7 Å². The van der Waals surface area contributed by atoms with Gasteiger partial charge in [0.2, 0.25) is 0 Å². The summed E-state index contributed by atoms with van der Waals surface area (Å²) in [6.07, 6.45) is 7.65. The third kappa shape index (κ3) is 5.76. The monoisotopic (exact) mass is 233 g/mol. The SMILES string of the molecule is CCCCCc1ccc(NC(C)CCC)cc1. The van der Waals surface area contributed by atoms with Crippen LogP contribution in [0.15, 0.2) is 24.3 Å². The quantitative estimate of drug-likeness (QED) is 0.622. The van der Waals surface area contributed by atoms with Gasteiger partial charge in [0.15, 0.2) is 0 Å². The zero-order valence-electron chi connectivity index (χ0n) is 11.6. The highest BCUT2D eigenvalue weighted by Gasteiger charge is 2.00. The van der Waals surface area contributed by atoms with Crippen molar-refractivity contribution in [3.8, 4) is 0 Å². The second-order valence-electron chi connectivity index (χ2n) is 4.99. The number of anilines is 1. The first-order valence-corrected chi connectivity index (χ1v) is 7.11. The van der Waals surface area contributed by atoms with Gasteiger partial charge in [0.05, 0.1) is 0 Å². The summed E-state index contributed by atoms with van der Waals surface area (Å²) in [5.74, 6) is 0. The standard InChI is InChI=1S/C16H27N/c1-4-6-7-9-15-10-12-16(13-11-15)17-14(3)8-5-2/h10-14,17H,4-9H2,1-3H3. The third-order valence-corrected chi connectivity index (χ3v) is 3.16. The zero-order valence-corrected chi connectivity index (χ0v) is 11.6. The molecule has 1 nitrogen and oxygen atoms in total. The second kappa shape index (κ2) is 8.16. The highest BCUT2D eigenvalue weighted by molar-refractivity contribution is 5.45. The fraction of sp³-hybridized carbons (Fsp3) is 0.625. The van der Waals surface area contributed by atoms with E-state index in [1.807, 2.05) is 0 Å². The number of unbranched alkanes of at least 4 members (excludes halogenated alkanes) is 2. The molecule has 1 heteroatoms. The maximum atomic E-state index is 3.54. The molecular weight excluding hydrogens is 206 g/mol. The Bertz CT molecular complexity index is 289. The summed E-state index contributed by atoms with van der Waals surface area (Å²) in [6.45, 7) is 6.73. The van der Waals surface area contributed by atoms with E-state index in [0.29, 0.717) is 6.04 Å². The molecule has 0 aliphatic heterocycles. The molecule has 0 saturated heterocycles. The predicted molar refractivity (Wildman–Crippen MR) is 77.7 cm³/mol. The van der Waals surface area contributed by atoms with Gasteiger partial charge < -0.3 is 5.32 Å². The van der Waals surface area contributed by atoms with E-state index in [4.69, 9.17) is 0 Å². The zero-order chi connectivity index (χ0) is 12.5. The van der Waals surface area contributed by atoms with Crippen LogP contribution in [0, 0.1) is 0 Å². The van der Waals surface area contributed by atoms with Crippen molar-refractivity contribution in [1.29, 1.82) is 0 Å². The average Bonchev–Trinajstić information content (AvgIpc) is 2.32. The van der Waals surface area contributed by atoms with Crippen molar-refractivity contribution >= 4 is 5.69 Å². The van der Waals surface area contributed by atoms with E-state index in [0.717, 1.165) is 0 Å². The first kappa shape index (κ1) is 14.1. The van der Waals surface area contributed by atoms with Gasteiger partial charge in [-0.1, -0.05) is 45.2 Å². The summed E-state index contributed by atoms with van der Waals surface area (Å²) in [5.41, 5.74) is 2.72. The largest absolute Gasteiger partial charge is 0.383 e. The van der Waals surface area contributed by atoms with Crippen LogP contribution in [0.5, 0.6) is 0 Å². The smallest absolute Gasteiger partial charge is 0.0342 e. The van der Waals surface area contributed by atoms with Crippen molar-refractivity contribution in [2.75, 3.05) is 5.32 Å². The third-order valence-electron chi connectivity index (χ3n) is 3.16. The van der Waals surface area contributed by atoms with Crippen molar-refractivity contribution in [3.63, 3.8) is 0 Å². The molecule has 1 unspecified atom stereocenters. The van der Waals surface area contributed by atoms with E-state index < -0.39 is 0 Å². The molecule has 96 valence electrons. The first-order valence-electron chi connectivity index (χ1n) is 7.11. The Labute approximate surface area is 107 Å². The van der Waals surface area contributed by atoms with Crippen LogP contribution in [-0.2, 0) is 6.42 Å². The van der Waals surface area contributed by atoms with Crippen LogP contribution >= 0.6 is 0 Å². The number of hydrogen-bond acceptors (Lipinski definition) is 1. The lowest BCUT2D eigenvalue weighted by atomic mass is 10.1. The molecule has 1 N–H and O–H groups in total. The van der Waals surface area contributed by atoms with Crippen molar-refractivity contribution in [3.05, 3.63) is 29.8 Å². The first-order chi connectivity index (χ1) is 8.26. The molecule has 1 atom stereocenters. The van der Waals surface area contributed by atoms with Crippen molar-refractivity contribution in [1.82, 2.24) is 0 Å². The molecule has 0 aliphatic rings. The van der Waals surface area contributed by atoms with Gasteiger partial charge >= 0.3 is 0 Å². The van der Waals surface area contributed by atoms with Crippen molar-refractivity contribution in [2.45, 2.75) is 65.3 Å². The molecular formula is C16H27N. The fourth-order valence-electron chi connectivity index (χ4n) is 2.14. The van der Waals surface area contributed by atoms with Crippen LogP contribution in [-0.4, -0.2) is 6.04 Å². The highest BCUT2D eigenvalue weighted by atomic mass is 14.9. The lowest BCUT2D eigenvalue weighted by molar-refractivity contribution is 0.690. The Balaban J connectivity index is 2.39. The fourth-order valence-corrected chi connectivity index (χ4v) is 2.14. The minimum atomic E-state index is 0.575. The summed E-state index contributed by atoms with van der Waals surface area (Å²) in [6, 6.07) is 9.53. The highest BCUT2D eigenvalue weighted by Crippen LogP contribution is 2.14. The molecule has 0 saturated carbocycles. The van der Waals surface area contributed by atoms with Crippen LogP contribution < -0.4 is 5.32 Å². The lowest BCUT2D eigenvalue weighted by Gasteiger charge is -2.14. The van der Waals surface area contributed by atoms with E-state index in [2.05, 4.69) is 50.4 Å². The minimum Gasteiger partial charge on any atom is -0.383 e. The summed E-state index contributed by atoms with van der Waals surface area (Å²) < 4.78 is 0. The van der Waals surface area contributed by atoms with Gasteiger partial charge in [-0.25, -0.2) is 0 Å². The molecule has 1 rings (SSSR count). The van der Waals surface area contributed by atoms with Gasteiger partial charge in [0.1, 0.15) is 0 Å². The van der Waals surface area contributed by atoms with E-state index in [1.54, 1.807) is 0 Å². The Morgan fingerprint density at radius 1 is 1.00 bits per heavy atom. The Kier molecular flexibility index (Phi) is 6.76. The lowest BCUT2D eigenvalue weighted by Crippen LogP contribution is -2.14. The molecule has 1 aromatic carbocycles. The van der Waals surface area contributed by atoms with Crippen LogP contribution in [0.3, 0.4) is 0 Å². The summed E-state index contributed by atoms with van der Waals surface area (Å²) in [4.78, 5) is 0. The molecule has 0 aliphatic carbocycles. The summed E-state index contributed by atoms with van der Waals surface area (Å²) in [5, 5.41) is 3.54. The number of nitrogens with one attached hydrogen (secondary N) is 1. The number of hydrogen-bond donors (Lipinski definition) is 1. The van der Waals surface area contributed by atoms with E-state index in [1.165, 1.54) is 49.8 Å². The molecule has 0 spiro atoms. The number of rotatable bonds is 8. The van der Waals surface area contributed by atoms with E-state index in [-0.39, 0.29) is 0 Å². The molecule has 0 bridgehead atoms. The normalized spacial score (nSPS) is 12.4. The van der Waals surface area contributed by atoms with Crippen LogP contribution in [0.2, 0.25) is 0 Å². The maximum Gasteiger partial charge on any atom is 0.0342 e. The average molecular weight is 233 g/mol. The van der Waals surface area contributed by atoms with Gasteiger partial charge in [-0.2, -0.15) is 0 Å². The molecule has 0 radical (unpaired) electrons. The van der Waals surface area contributed by atoms with Crippen LogP contribution in [0.4, 0.5) is 5.69 Å². The Hall–Kier alpha value is -0.980. The van der Waals surface area contributed by atoms with Crippen LogP contribution in [0.25, 0.3) is 0 Å². The summed E-state index contributed by atoms with van der Waals surface area (Å²) in [7, 11) is 0. The molecule has 0 aromatic heterocycles. The van der Waals surface area contributed by atoms with Gasteiger partial charge in [-0.15, -0.1) is 0 Å². The Morgan fingerprint density at radius 3 is 2.29 bits per heavy atom. The maximum absolute atomic E-state index is 3.54. The minimum absolute atomic E-state index is 0.575. The molecule has 0 fully saturated rings. The van der Waals surface area contributed by atoms with Crippen molar-refractivity contribution < 1.29 is 0 Å². The van der Waals surface area contributed by atoms with E-state index >= 15 is 0 Å². The topological polar surface area (TPSA) is 12.0 Å². The van der Waals surface area contributed by atoms with Crippen molar-refractivity contribution in [2.24, 2.45) is 0 Å². The molecule has 17 heavy (non-hydrogen) atoms. The summed E-state index contributed by atoms with van der Waals surface area (Å²) >= 11 is 0. The van der Waals surface area contributed by atoms with Crippen LogP contribution in [0.1, 0.15) is 58.4 Å². The molecule has 1 aromatic rings.